The molecule has 1 rings (SSSR count). The summed E-state index contributed by atoms with van der Waals surface area (Å²) >= 11 is 1.57. The van der Waals surface area contributed by atoms with E-state index in [0.29, 0.717) is 25.9 Å². The number of carbonyl (C=O) groups excluding carboxylic acids is 1. The molecule has 0 aromatic carbocycles. The Labute approximate surface area is 133 Å². The lowest BCUT2D eigenvalue weighted by Crippen LogP contribution is -2.21. The fraction of sp³-hybridized carbons (Fsp3) is 0.600. The van der Waals surface area contributed by atoms with E-state index in [9.17, 15) is 9.00 Å². The van der Waals surface area contributed by atoms with Crippen LogP contribution >= 0.6 is 11.3 Å². The molecule has 0 fully saturated rings. The van der Waals surface area contributed by atoms with Crippen LogP contribution in [0.5, 0.6) is 0 Å². The molecule has 0 bridgehead atoms. The number of thiophene rings is 1. The summed E-state index contributed by atoms with van der Waals surface area (Å²) < 4.78 is 21.1. The summed E-state index contributed by atoms with van der Waals surface area (Å²) in [7, 11) is -1.29. The molecule has 0 N–H and O–H groups in total. The molecule has 4 nitrogen and oxygen atoms in total. The van der Waals surface area contributed by atoms with Crippen LogP contribution in [0.15, 0.2) is 21.9 Å². The number of esters is 1. The van der Waals surface area contributed by atoms with E-state index in [0.717, 1.165) is 10.6 Å². The van der Waals surface area contributed by atoms with Gasteiger partial charge < -0.3 is 4.74 Å². The highest BCUT2D eigenvalue weighted by Crippen LogP contribution is 2.19. The van der Waals surface area contributed by atoms with Gasteiger partial charge in [0.2, 0.25) is 0 Å². The first-order valence-corrected chi connectivity index (χ1v) is 9.02. The fourth-order valence-electron chi connectivity index (χ4n) is 1.53. The van der Waals surface area contributed by atoms with Crippen LogP contribution in [-0.2, 0) is 20.5 Å². The zero-order valence-electron chi connectivity index (χ0n) is 13.0. The summed E-state index contributed by atoms with van der Waals surface area (Å²) in [6, 6.07) is 3.91. The Kier molecular flexibility index (Phi) is 7.25. The largest absolute Gasteiger partial charge is 0.466 e. The standard InChI is InChI=1S/C15H23NO3S2/c1-5-19-14(17)10-6-8-12(13-9-7-11-20-13)16-21(18)15(2,3)4/h7,9,11H,5-6,8,10H2,1-4H3/b16-12-. The van der Waals surface area contributed by atoms with Crippen LogP contribution in [0.4, 0.5) is 0 Å². The van der Waals surface area contributed by atoms with Crippen LogP contribution in [0.2, 0.25) is 0 Å². The predicted octanol–water partition coefficient (Wildman–Crippen LogP) is 3.73. The Balaban J connectivity index is 2.74. The van der Waals surface area contributed by atoms with Crippen molar-refractivity contribution in [2.24, 2.45) is 4.40 Å². The molecule has 0 aliphatic rings. The molecule has 21 heavy (non-hydrogen) atoms. The highest BCUT2D eigenvalue weighted by molar-refractivity contribution is 7.85. The van der Waals surface area contributed by atoms with Crippen molar-refractivity contribution in [1.29, 1.82) is 0 Å². The molecule has 0 aliphatic carbocycles. The quantitative estimate of drug-likeness (QED) is 0.566. The van der Waals surface area contributed by atoms with E-state index in [1.54, 1.807) is 18.3 Å². The topological polar surface area (TPSA) is 55.7 Å². The van der Waals surface area contributed by atoms with Gasteiger partial charge >= 0.3 is 5.97 Å². The van der Waals surface area contributed by atoms with Crippen molar-refractivity contribution < 1.29 is 13.7 Å². The van der Waals surface area contributed by atoms with Gasteiger partial charge in [0.15, 0.2) is 0 Å². The minimum absolute atomic E-state index is 0.194. The molecular weight excluding hydrogens is 306 g/mol. The first-order valence-electron chi connectivity index (χ1n) is 7.03. The number of rotatable bonds is 7. The van der Waals surface area contributed by atoms with Gasteiger partial charge in [0.1, 0.15) is 11.0 Å². The van der Waals surface area contributed by atoms with Gasteiger partial charge in [-0.25, -0.2) is 4.21 Å². The van der Waals surface area contributed by atoms with Gasteiger partial charge in [0.05, 0.1) is 17.1 Å². The number of carbonyl (C=O) groups is 1. The third-order valence-corrected chi connectivity index (χ3v) is 4.98. The van der Waals surface area contributed by atoms with Crippen LogP contribution in [-0.4, -0.2) is 27.2 Å². The van der Waals surface area contributed by atoms with E-state index in [4.69, 9.17) is 4.74 Å². The first-order chi connectivity index (χ1) is 9.84. The van der Waals surface area contributed by atoms with Crippen molar-refractivity contribution in [1.82, 2.24) is 0 Å². The zero-order chi connectivity index (χ0) is 15.9. The molecule has 0 saturated heterocycles. The zero-order valence-corrected chi connectivity index (χ0v) is 14.7. The normalized spacial score (nSPS) is 14.0. The predicted molar refractivity (Wildman–Crippen MR) is 89.2 cm³/mol. The summed E-state index contributed by atoms with van der Waals surface area (Å²) in [5.74, 6) is -0.194. The smallest absolute Gasteiger partial charge is 0.305 e. The van der Waals surface area contributed by atoms with Gasteiger partial charge in [-0.2, -0.15) is 4.40 Å². The molecule has 0 saturated carbocycles. The van der Waals surface area contributed by atoms with Gasteiger partial charge in [-0.1, -0.05) is 6.07 Å². The second-order valence-corrected chi connectivity index (χ2v) is 8.39. The second-order valence-electron chi connectivity index (χ2n) is 5.54. The average molecular weight is 329 g/mol. The highest BCUT2D eigenvalue weighted by Gasteiger charge is 2.20. The molecule has 1 atom stereocenters. The third kappa shape index (κ3) is 6.52. The molecule has 6 heteroatoms. The maximum atomic E-state index is 12.2. The van der Waals surface area contributed by atoms with Gasteiger partial charge in [0, 0.05) is 11.3 Å². The van der Waals surface area contributed by atoms with Gasteiger partial charge in [-0.15, -0.1) is 11.3 Å². The highest BCUT2D eigenvalue weighted by atomic mass is 32.2. The minimum Gasteiger partial charge on any atom is -0.466 e. The van der Waals surface area contributed by atoms with Crippen molar-refractivity contribution in [2.75, 3.05) is 6.61 Å². The Hall–Kier alpha value is -1.01. The SMILES string of the molecule is CCOC(=O)CCC/C(=N/S(=O)C(C)(C)C)c1cccs1. The number of nitrogens with zero attached hydrogens (tertiary/aromatic N) is 1. The van der Waals surface area contributed by atoms with E-state index in [1.807, 2.05) is 38.3 Å². The molecule has 1 aromatic rings. The van der Waals surface area contributed by atoms with Crippen LogP contribution in [0.25, 0.3) is 0 Å². The van der Waals surface area contributed by atoms with Crippen LogP contribution in [0.1, 0.15) is 51.8 Å². The second kappa shape index (κ2) is 8.44. The first kappa shape index (κ1) is 18.0. The van der Waals surface area contributed by atoms with Gasteiger partial charge in [-0.3, -0.25) is 4.79 Å². The lowest BCUT2D eigenvalue weighted by atomic mass is 10.1. The van der Waals surface area contributed by atoms with E-state index >= 15 is 0 Å². The summed E-state index contributed by atoms with van der Waals surface area (Å²) in [4.78, 5) is 12.4. The van der Waals surface area contributed by atoms with E-state index < -0.39 is 11.0 Å². The van der Waals surface area contributed by atoms with E-state index in [2.05, 4.69) is 4.40 Å². The van der Waals surface area contributed by atoms with Crippen molar-refractivity contribution >= 4 is 34.0 Å². The molecule has 0 spiro atoms. The Morgan fingerprint density at radius 3 is 2.62 bits per heavy atom. The maximum absolute atomic E-state index is 12.2. The molecule has 118 valence electrons. The number of ether oxygens (including phenoxy) is 1. The molecule has 1 heterocycles. The Morgan fingerprint density at radius 2 is 2.10 bits per heavy atom. The minimum atomic E-state index is -1.29. The maximum Gasteiger partial charge on any atom is 0.305 e. The molecule has 1 unspecified atom stereocenters. The van der Waals surface area contributed by atoms with Crippen molar-refractivity contribution in [2.45, 2.75) is 51.7 Å². The molecular formula is C15H23NO3S2. The molecule has 0 amide bonds. The molecule has 0 radical (unpaired) electrons. The average Bonchev–Trinajstić information content (AvgIpc) is 2.90. The van der Waals surface area contributed by atoms with Gasteiger partial charge in [0.25, 0.3) is 0 Å². The summed E-state index contributed by atoms with van der Waals surface area (Å²) in [5, 5.41) is 1.97. The van der Waals surface area contributed by atoms with E-state index in [-0.39, 0.29) is 10.7 Å². The Bertz CT molecular complexity index is 501. The lowest BCUT2D eigenvalue weighted by molar-refractivity contribution is -0.143. The van der Waals surface area contributed by atoms with Crippen molar-refractivity contribution in [3.05, 3.63) is 22.4 Å². The van der Waals surface area contributed by atoms with Crippen LogP contribution < -0.4 is 0 Å². The fourth-order valence-corrected chi connectivity index (χ4v) is 2.99. The molecule has 1 aromatic heterocycles. The Morgan fingerprint density at radius 1 is 1.38 bits per heavy atom. The number of hydrogen-bond donors (Lipinski definition) is 0. The molecule has 0 aliphatic heterocycles. The monoisotopic (exact) mass is 329 g/mol. The van der Waals surface area contributed by atoms with Crippen molar-refractivity contribution in [3.8, 4) is 0 Å². The summed E-state index contributed by atoms with van der Waals surface area (Å²) in [6.07, 6.45) is 1.64. The van der Waals surface area contributed by atoms with Gasteiger partial charge in [-0.05, 0) is 52.0 Å². The number of hydrogen-bond acceptors (Lipinski definition) is 4. The third-order valence-electron chi connectivity index (χ3n) is 2.62. The summed E-state index contributed by atoms with van der Waals surface area (Å²) in [5.41, 5.74) is 0.808. The van der Waals surface area contributed by atoms with Crippen LogP contribution in [0, 0.1) is 0 Å². The summed E-state index contributed by atoms with van der Waals surface area (Å²) in [6.45, 7) is 7.90. The van der Waals surface area contributed by atoms with Crippen LogP contribution in [0.3, 0.4) is 0 Å². The van der Waals surface area contributed by atoms with Crippen molar-refractivity contribution in [3.63, 3.8) is 0 Å². The lowest BCUT2D eigenvalue weighted by Gasteiger charge is -2.14. The van der Waals surface area contributed by atoms with E-state index in [1.165, 1.54) is 0 Å².